The smallest absolute Gasteiger partial charge is 0.272 e. The summed E-state index contributed by atoms with van der Waals surface area (Å²) in [7, 11) is 0. The van der Waals surface area contributed by atoms with Crippen molar-refractivity contribution in [2.24, 2.45) is 0 Å². The highest BCUT2D eigenvalue weighted by molar-refractivity contribution is 5.93. The van der Waals surface area contributed by atoms with E-state index in [-0.39, 0.29) is 18.4 Å². The van der Waals surface area contributed by atoms with Crippen LogP contribution in [0.25, 0.3) is 0 Å². The van der Waals surface area contributed by atoms with Crippen molar-refractivity contribution in [1.82, 2.24) is 15.2 Å². The van der Waals surface area contributed by atoms with Gasteiger partial charge < -0.3 is 15.5 Å². The summed E-state index contributed by atoms with van der Waals surface area (Å²) in [6.07, 6.45) is 1.57. The summed E-state index contributed by atoms with van der Waals surface area (Å²) in [5, 5.41) is 5.67. The largest absolute Gasteiger partial charge is 0.376 e. The summed E-state index contributed by atoms with van der Waals surface area (Å²) < 4.78 is 0. The lowest BCUT2D eigenvalue weighted by Crippen LogP contribution is -2.31. The second-order valence-electron chi connectivity index (χ2n) is 4.21. The van der Waals surface area contributed by atoms with Crippen LogP contribution in [0.15, 0.2) is 18.3 Å². The normalized spacial score (nSPS) is 9.95. The number of anilines is 1. The first kappa shape index (κ1) is 15.9. The molecule has 0 aliphatic rings. The second kappa shape index (κ2) is 8.14. The van der Waals surface area contributed by atoms with Crippen molar-refractivity contribution in [2.45, 2.75) is 20.8 Å². The number of carbonyl (C=O) groups is 2. The van der Waals surface area contributed by atoms with E-state index < -0.39 is 0 Å². The third kappa shape index (κ3) is 4.53. The van der Waals surface area contributed by atoms with Crippen LogP contribution in [0.5, 0.6) is 0 Å². The topological polar surface area (TPSA) is 74.3 Å². The molecule has 0 radical (unpaired) electrons. The van der Waals surface area contributed by atoms with E-state index in [1.54, 1.807) is 23.2 Å². The average molecular weight is 278 g/mol. The Labute approximate surface area is 119 Å². The summed E-state index contributed by atoms with van der Waals surface area (Å²) in [5.74, 6) is -0.183. The molecule has 0 saturated heterocycles. The van der Waals surface area contributed by atoms with Crippen LogP contribution in [0.3, 0.4) is 0 Å². The monoisotopic (exact) mass is 278 g/mol. The number of aromatic nitrogens is 1. The summed E-state index contributed by atoms with van der Waals surface area (Å²) in [4.78, 5) is 29.3. The Bertz CT molecular complexity index is 458. The fourth-order valence-corrected chi connectivity index (χ4v) is 1.77. The van der Waals surface area contributed by atoms with E-state index >= 15 is 0 Å². The fraction of sp³-hybridized carbons (Fsp3) is 0.500. The Hall–Kier alpha value is -2.11. The number of amides is 2. The van der Waals surface area contributed by atoms with Gasteiger partial charge >= 0.3 is 0 Å². The number of nitrogens with zero attached hydrogens (tertiary/aromatic N) is 2. The predicted molar refractivity (Wildman–Crippen MR) is 78.7 cm³/mol. The predicted octanol–water partition coefficient (Wildman–Crippen LogP) is 1.11. The van der Waals surface area contributed by atoms with Crippen molar-refractivity contribution >= 4 is 17.5 Å². The molecule has 0 aromatic carbocycles. The molecule has 1 rings (SSSR count). The molecule has 110 valence electrons. The van der Waals surface area contributed by atoms with Crippen LogP contribution in [-0.2, 0) is 4.79 Å². The van der Waals surface area contributed by atoms with Crippen LogP contribution in [0.2, 0.25) is 0 Å². The lowest BCUT2D eigenvalue weighted by Gasteiger charge is -2.18. The minimum atomic E-state index is -0.100. The third-order valence-electron chi connectivity index (χ3n) is 2.86. The van der Waals surface area contributed by atoms with Gasteiger partial charge in [0.15, 0.2) is 0 Å². The maximum Gasteiger partial charge on any atom is 0.272 e. The molecule has 0 bridgehead atoms. The van der Waals surface area contributed by atoms with Gasteiger partial charge in [-0.1, -0.05) is 0 Å². The number of likely N-dealkylation sites (N-methyl/N-ethyl adjacent to an activating group) is 1. The molecule has 0 fully saturated rings. The van der Waals surface area contributed by atoms with Gasteiger partial charge in [0.2, 0.25) is 5.91 Å². The van der Waals surface area contributed by atoms with Crippen LogP contribution >= 0.6 is 0 Å². The summed E-state index contributed by atoms with van der Waals surface area (Å²) in [6, 6.07) is 3.40. The van der Waals surface area contributed by atoms with Crippen molar-refractivity contribution in [2.75, 3.05) is 31.5 Å². The van der Waals surface area contributed by atoms with E-state index in [4.69, 9.17) is 0 Å². The van der Waals surface area contributed by atoms with Crippen LogP contribution in [0.1, 0.15) is 31.3 Å². The van der Waals surface area contributed by atoms with Gasteiger partial charge in [-0.05, 0) is 32.9 Å². The van der Waals surface area contributed by atoms with Gasteiger partial charge in [0.25, 0.3) is 5.91 Å². The highest BCUT2D eigenvalue weighted by Crippen LogP contribution is 2.09. The lowest BCUT2D eigenvalue weighted by atomic mass is 10.2. The molecule has 1 aromatic rings. The van der Waals surface area contributed by atoms with Crippen LogP contribution in [-0.4, -0.2) is 47.9 Å². The van der Waals surface area contributed by atoms with Gasteiger partial charge in [-0.25, -0.2) is 0 Å². The molecular weight excluding hydrogens is 256 g/mol. The third-order valence-corrected chi connectivity index (χ3v) is 2.86. The van der Waals surface area contributed by atoms with Gasteiger partial charge in [-0.2, -0.15) is 0 Å². The molecule has 0 spiro atoms. The lowest BCUT2D eigenvalue weighted by molar-refractivity contribution is -0.119. The molecule has 0 atom stereocenters. The number of pyridine rings is 1. The minimum Gasteiger partial charge on any atom is -0.376 e. The number of hydrogen-bond donors (Lipinski definition) is 2. The summed E-state index contributed by atoms with van der Waals surface area (Å²) in [6.45, 7) is 7.79. The van der Waals surface area contributed by atoms with E-state index in [1.165, 1.54) is 0 Å². The van der Waals surface area contributed by atoms with Gasteiger partial charge in [-0.3, -0.25) is 14.6 Å². The second-order valence-corrected chi connectivity index (χ2v) is 4.21. The molecule has 0 saturated carbocycles. The van der Waals surface area contributed by atoms with Crippen molar-refractivity contribution in [3.05, 3.63) is 24.0 Å². The molecule has 0 aliphatic heterocycles. The molecule has 20 heavy (non-hydrogen) atoms. The quantitative estimate of drug-likeness (QED) is 0.783. The zero-order valence-corrected chi connectivity index (χ0v) is 12.3. The zero-order chi connectivity index (χ0) is 15.0. The van der Waals surface area contributed by atoms with Crippen molar-refractivity contribution in [3.63, 3.8) is 0 Å². The van der Waals surface area contributed by atoms with E-state index in [1.807, 2.05) is 20.8 Å². The van der Waals surface area contributed by atoms with E-state index in [0.29, 0.717) is 31.0 Å². The van der Waals surface area contributed by atoms with E-state index in [9.17, 15) is 9.59 Å². The Morgan fingerprint density at radius 2 is 1.95 bits per heavy atom. The molecule has 0 aliphatic carbocycles. The molecular formula is C14H22N4O2. The molecule has 6 nitrogen and oxygen atoms in total. The molecule has 2 amide bonds. The Morgan fingerprint density at radius 3 is 2.55 bits per heavy atom. The zero-order valence-electron chi connectivity index (χ0n) is 12.3. The average Bonchev–Trinajstić information content (AvgIpc) is 2.47. The fourth-order valence-electron chi connectivity index (χ4n) is 1.77. The standard InChI is InChI=1S/C14H22N4O2/c1-4-15-13(19)10-17-11-7-8-16-12(9-11)14(20)18(5-2)6-3/h7-9H,4-6,10H2,1-3H3,(H,15,19)(H,16,17). The molecule has 0 unspecified atom stereocenters. The van der Waals surface area contributed by atoms with E-state index in [0.717, 1.165) is 0 Å². The maximum atomic E-state index is 12.2. The molecule has 1 aromatic heterocycles. The molecule has 1 heterocycles. The van der Waals surface area contributed by atoms with Gasteiger partial charge in [-0.15, -0.1) is 0 Å². The minimum absolute atomic E-state index is 0.0825. The number of rotatable bonds is 7. The first-order valence-corrected chi connectivity index (χ1v) is 6.88. The van der Waals surface area contributed by atoms with Crippen LogP contribution in [0, 0.1) is 0 Å². The van der Waals surface area contributed by atoms with Crippen LogP contribution in [0.4, 0.5) is 5.69 Å². The SMILES string of the molecule is CCNC(=O)CNc1ccnc(C(=O)N(CC)CC)c1. The van der Waals surface area contributed by atoms with E-state index in [2.05, 4.69) is 15.6 Å². The van der Waals surface area contributed by atoms with Gasteiger partial charge in [0.1, 0.15) is 5.69 Å². The molecule has 2 N–H and O–H groups in total. The van der Waals surface area contributed by atoms with Crippen molar-refractivity contribution in [1.29, 1.82) is 0 Å². The molecule has 6 heteroatoms. The van der Waals surface area contributed by atoms with Gasteiger partial charge in [0, 0.05) is 31.5 Å². The number of hydrogen-bond acceptors (Lipinski definition) is 4. The number of nitrogens with one attached hydrogen (secondary N) is 2. The summed E-state index contributed by atoms with van der Waals surface area (Å²) in [5.41, 5.74) is 1.09. The van der Waals surface area contributed by atoms with Gasteiger partial charge in [0.05, 0.1) is 6.54 Å². The first-order valence-electron chi connectivity index (χ1n) is 6.88. The number of carbonyl (C=O) groups excluding carboxylic acids is 2. The highest BCUT2D eigenvalue weighted by atomic mass is 16.2. The first-order chi connectivity index (χ1) is 9.62. The van der Waals surface area contributed by atoms with Crippen molar-refractivity contribution in [3.8, 4) is 0 Å². The summed E-state index contributed by atoms with van der Waals surface area (Å²) >= 11 is 0. The highest BCUT2D eigenvalue weighted by Gasteiger charge is 2.14. The van der Waals surface area contributed by atoms with Crippen LogP contribution < -0.4 is 10.6 Å². The maximum absolute atomic E-state index is 12.2. The van der Waals surface area contributed by atoms with Crippen molar-refractivity contribution < 1.29 is 9.59 Å². The Kier molecular flexibility index (Phi) is 6.49. The Balaban J connectivity index is 2.70. The Morgan fingerprint density at radius 1 is 1.25 bits per heavy atom.